The van der Waals surface area contributed by atoms with Gasteiger partial charge >= 0.3 is 0 Å². The molecule has 0 saturated carbocycles. The molecule has 0 radical (unpaired) electrons. The molecule has 7 heteroatoms. The highest BCUT2D eigenvalue weighted by molar-refractivity contribution is 9.11. The predicted molar refractivity (Wildman–Crippen MR) is 44.9 cm³/mol. The summed E-state index contributed by atoms with van der Waals surface area (Å²) in [6, 6.07) is 0. The fourth-order valence-corrected chi connectivity index (χ4v) is 1.27. The van der Waals surface area contributed by atoms with E-state index >= 15 is 0 Å². The Morgan fingerprint density at radius 2 is 2.00 bits per heavy atom. The van der Waals surface area contributed by atoms with Crippen LogP contribution >= 0.6 is 15.9 Å². The molecule has 0 fully saturated rings. The third-order valence-corrected chi connectivity index (χ3v) is 1.87. The van der Waals surface area contributed by atoms with Crippen LogP contribution in [-0.2, 0) is 4.79 Å². The van der Waals surface area contributed by atoms with Crippen LogP contribution in [0.15, 0.2) is 30.4 Å². The summed E-state index contributed by atoms with van der Waals surface area (Å²) < 4.78 is 0.350. The van der Waals surface area contributed by atoms with Crippen LogP contribution in [0.5, 0.6) is 0 Å². The Kier molecular flexibility index (Phi) is 1.40. The summed E-state index contributed by atoms with van der Waals surface area (Å²) in [7, 11) is 0. The van der Waals surface area contributed by atoms with Gasteiger partial charge in [0.2, 0.25) is 5.96 Å². The number of carbonyl (C=O) groups is 1. The van der Waals surface area contributed by atoms with Crippen molar-refractivity contribution in [3.63, 3.8) is 0 Å². The van der Waals surface area contributed by atoms with Crippen molar-refractivity contribution in [3.05, 3.63) is 10.2 Å². The van der Waals surface area contributed by atoms with E-state index in [1.165, 1.54) is 0 Å². The molecule has 0 saturated heterocycles. The Morgan fingerprint density at radius 1 is 1.25 bits per heavy atom. The van der Waals surface area contributed by atoms with Gasteiger partial charge in [-0.2, -0.15) is 9.98 Å². The van der Waals surface area contributed by atoms with Crippen molar-refractivity contribution in [2.75, 3.05) is 0 Å². The van der Waals surface area contributed by atoms with E-state index in [4.69, 9.17) is 5.73 Å². The standard InChI is InChI=1S/C5H2BrN5O/c6-2-1-3(11-10-2)8-5(7)9-4(1)12/h(H2,7,9,12). The number of nitrogens with two attached hydrogens (primary N) is 1. The predicted octanol–water partition coefficient (Wildman–Crippen LogP) is 0.312. The van der Waals surface area contributed by atoms with E-state index in [1.54, 1.807) is 0 Å². The van der Waals surface area contributed by atoms with E-state index in [9.17, 15) is 4.79 Å². The maximum atomic E-state index is 11.1. The lowest BCUT2D eigenvalue weighted by atomic mass is 10.2. The first-order valence-corrected chi connectivity index (χ1v) is 3.77. The average molecular weight is 228 g/mol. The molecule has 0 aromatic carbocycles. The van der Waals surface area contributed by atoms with Crippen molar-refractivity contribution in [1.29, 1.82) is 0 Å². The molecule has 0 aromatic heterocycles. The van der Waals surface area contributed by atoms with Crippen LogP contribution in [0.4, 0.5) is 0 Å². The van der Waals surface area contributed by atoms with Gasteiger partial charge in [-0.3, -0.25) is 4.79 Å². The fraction of sp³-hybridized carbons (Fsp3) is 0. The van der Waals surface area contributed by atoms with Crippen molar-refractivity contribution in [1.82, 2.24) is 0 Å². The quantitative estimate of drug-likeness (QED) is 0.604. The molecule has 0 atom stereocenters. The molecule has 6 nitrogen and oxygen atoms in total. The second-order valence-corrected chi connectivity index (χ2v) is 2.83. The van der Waals surface area contributed by atoms with Crippen LogP contribution < -0.4 is 5.73 Å². The first kappa shape index (κ1) is 7.29. The lowest BCUT2D eigenvalue weighted by Gasteiger charge is -2.02. The number of hydrogen-bond donors (Lipinski definition) is 1. The third-order valence-electron chi connectivity index (χ3n) is 1.31. The van der Waals surface area contributed by atoms with Gasteiger partial charge < -0.3 is 5.73 Å². The van der Waals surface area contributed by atoms with Crippen LogP contribution in [-0.4, -0.2) is 17.7 Å². The minimum atomic E-state index is -0.464. The Bertz CT molecular complexity index is 391. The number of nitrogens with zero attached hydrogens (tertiary/aromatic N) is 4. The molecule has 0 spiro atoms. The van der Waals surface area contributed by atoms with Gasteiger partial charge in [0.1, 0.15) is 10.2 Å². The SMILES string of the molecule is NC1=NC(=O)C2=C(Br)N=NC2=N1. The molecule has 0 bridgehead atoms. The van der Waals surface area contributed by atoms with Crippen molar-refractivity contribution in [3.8, 4) is 0 Å². The van der Waals surface area contributed by atoms with Gasteiger partial charge in [-0.05, 0) is 15.9 Å². The number of guanidine groups is 1. The second kappa shape index (κ2) is 2.31. The lowest BCUT2D eigenvalue weighted by molar-refractivity contribution is -0.113. The number of azo groups is 1. The van der Waals surface area contributed by atoms with Crippen molar-refractivity contribution < 1.29 is 4.79 Å². The van der Waals surface area contributed by atoms with E-state index in [1.807, 2.05) is 0 Å². The summed E-state index contributed by atoms with van der Waals surface area (Å²) in [6.45, 7) is 0. The summed E-state index contributed by atoms with van der Waals surface area (Å²) in [5, 5.41) is 7.22. The molecule has 0 unspecified atom stereocenters. The molecule has 2 N–H and O–H groups in total. The maximum Gasteiger partial charge on any atom is 0.287 e. The minimum Gasteiger partial charge on any atom is -0.368 e. The maximum absolute atomic E-state index is 11.1. The minimum absolute atomic E-state index is 0.0834. The van der Waals surface area contributed by atoms with Gasteiger partial charge in [-0.25, -0.2) is 0 Å². The Morgan fingerprint density at radius 3 is 2.75 bits per heavy atom. The Balaban J connectivity index is 2.59. The molecule has 2 aliphatic heterocycles. The van der Waals surface area contributed by atoms with Gasteiger partial charge in [0.15, 0.2) is 5.84 Å². The highest BCUT2D eigenvalue weighted by atomic mass is 79.9. The molecule has 0 aromatic rings. The lowest BCUT2D eigenvalue weighted by Crippen LogP contribution is -2.22. The molecule has 2 heterocycles. The fourth-order valence-electron chi connectivity index (χ4n) is 0.839. The summed E-state index contributed by atoms with van der Waals surface area (Å²) >= 11 is 3.05. The normalized spacial score (nSPS) is 20.9. The van der Waals surface area contributed by atoms with Crippen LogP contribution in [0.2, 0.25) is 0 Å². The molecule has 12 heavy (non-hydrogen) atoms. The number of hydrogen-bond acceptors (Lipinski definition) is 5. The monoisotopic (exact) mass is 227 g/mol. The summed E-state index contributed by atoms with van der Waals surface area (Å²) in [5.74, 6) is -0.325. The first-order chi connectivity index (χ1) is 5.68. The van der Waals surface area contributed by atoms with Crippen molar-refractivity contribution in [2.24, 2.45) is 25.9 Å². The van der Waals surface area contributed by atoms with Crippen LogP contribution in [0, 0.1) is 0 Å². The molecular weight excluding hydrogens is 226 g/mol. The smallest absolute Gasteiger partial charge is 0.287 e. The Labute approximate surface area is 75.1 Å². The molecular formula is C5H2BrN5O. The molecule has 2 aliphatic rings. The van der Waals surface area contributed by atoms with E-state index in [-0.39, 0.29) is 17.4 Å². The number of amidine groups is 1. The van der Waals surface area contributed by atoms with Gasteiger partial charge in [0, 0.05) is 0 Å². The topological polar surface area (TPSA) is 92.5 Å². The number of carbonyl (C=O) groups excluding carboxylic acids is 1. The summed E-state index contributed by atoms with van der Waals surface area (Å²) in [5.41, 5.74) is 5.50. The molecule has 60 valence electrons. The van der Waals surface area contributed by atoms with Gasteiger partial charge in [-0.1, -0.05) is 0 Å². The molecule has 1 amide bonds. The highest BCUT2D eigenvalue weighted by Crippen LogP contribution is 2.25. The number of amides is 1. The summed E-state index contributed by atoms with van der Waals surface area (Å²) in [6.07, 6.45) is 0. The van der Waals surface area contributed by atoms with Gasteiger partial charge in [-0.15, -0.1) is 10.2 Å². The van der Waals surface area contributed by atoms with E-state index in [0.29, 0.717) is 4.61 Å². The largest absolute Gasteiger partial charge is 0.368 e. The van der Waals surface area contributed by atoms with E-state index < -0.39 is 5.91 Å². The zero-order chi connectivity index (χ0) is 8.72. The van der Waals surface area contributed by atoms with Crippen LogP contribution in [0.25, 0.3) is 0 Å². The van der Waals surface area contributed by atoms with Gasteiger partial charge in [0.25, 0.3) is 5.91 Å². The van der Waals surface area contributed by atoms with E-state index in [0.717, 1.165) is 0 Å². The number of rotatable bonds is 0. The number of halogens is 1. The van der Waals surface area contributed by atoms with Crippen molar-refractivity contribution in [2.45, 2.75) is 0 Å². The van der Waals surface area contributed by atoms with Crippen molar-refractivity contribution >= 4 is 33.6 Å². The van der Waals surface area contributed by atoms with Crippen LogP contribution in [0.3, 0.4) is 0 Å². The Hall–Kier alpha value is -1.37. The van der Waals surface area contributed by atoms with Gasteiger partial charge in [0.05, 0.1) is 0 Å². The first-order valence-electron chi connectivity index (χ1n) is 2.97. The highest BCUT2D eigenvalue weighted by Gasteiger charge is 2.28. The zero-order valence-electron chi connectivity index (χ0n) is 5.65. The molecule has 0 aliphatic carbocycles. The van der Waals surface area contributed by atoms with Crippen LogP contribution in [0.1, 0.15) is 0 Å². The third kappa shape index (κ3) is 0.900. The molecule has 2 rings (SSSR count). The second-order valence-electron chi connectivity index (χ2n) is 2.08. The number of aliphatic imine (C=N–C) groups is 2. The number of fused-ring (bicyclic) bond motifs is 1. The summed E-state index contributed by atoms with van der Waals surface area (Å²) in [4.78, 5) is 18.3. The van der Waals surface area contributed by atoms with E-state index in [2.05, 4.69) is 36.1 Å². The zero-order valence-corrected chi connectivity index (χ0v) is 7.24. The average Bonchev–Trinajstić information content (AvgIpc) is 2.31.